The molecule has 0 radical (unpaired) electrons. The molecule has 1 heterocycles. The maximum Gasteiger partial charge on any atom is 0.405 e. The van der Waals surface area contributed by atoms with Crippen molar-refractivity contribution in [3.63, 3.8) is 0 Å². The highest BCUT2D eigenvalue weighted by Crippen LogP contribution is 2.33. The Hall–Kier alpha value is -1.53. The molecule has 1 saturated carbocycles. The van der Waals surface area contributed by atoms with Crippen LogP contribution in [0.25, 0.3) is 0 Å². The van der Waals surface area contributed by atoms with Gasteiger partial charge < -0.3 is 5.32 Å². The first-order valence-corrected chi connectivity index (χ1v) is 6.35. The zero-order valence-electron chi connectivity index (χ0n) is 10.4. The number of halogens is 3. The third kappa shape index (κ3) is 3.71. The van der Waals surface area contributed by atoms with Gasteiger partial charge in [0.05, 0.1) is 17.5 Å². The molecule has 0 aliphatic heterocycles. The zero-order chi connectivity index (χ0) is 13.9. The van der Waals surface area contributed by atoms with Gasteiger partial charge in [-0.25, -0.2) is 0 Å². The van der Waals surface area contributed by atoms with Crippen LogP contribution in [-0.4, -0.2) is 28.8 Å². The SMILES string of the molecule is O=C(NCC(F)(F)F)c1cn[nH]c1C1CCCCC1. The molecule has 1 aromatic rings. The minimum Gasteiger partial charge on any atom is -0.343 e. The van der Waals surface area contributed by atoms with Crippen LogP contribution in [0.5, 0.6) is 0 Å². The second-order valence-corrected chi connectivity index (χ2v) is 4.83. The van der Waals surface area contributed by atoms with Crippen LogP contribution in [0.15, 0.2) is 6.20 Å². The number of aromatic nitrogens is 2. The molecule has 4 nitrogen and oxygen atoms in total. The van der Waals surface area contributed by atoms with Gasteiger partial charge in [0, 0.05) is 5.92 Å². The second-order valence-electron chi connectivity index (χ2n) is 4.83. The molecule has 7 heteroatoms. The molecule has 0 saturated heterocycles. The second kappa shape index (κ2) is 5.63. The Bertz CT molecular complexity index is 436. The first-order valence-electron chi connectivity index (χ1n) is 6.35. The van der Waals surface area contributed by atoms with E-state index in [1.165, 1.54) is 12.6 Å². The van der Waals surface area contributed by atoms with Crippen molar-refractivity contribution in [3.05, 3.63) is 17.5 Å². The third-order valence-corrected chi connectivity index (χ3v) is 3.38. The number of hydrogen-bond acceptors (Lipinski definition) is 2. The fraction of sp³-hybridized carbons (Fsp3) is 0.667. The number of alkyl halides is 3. The largest absolute Gasteiger partial charge is 0.405 e. The molecule has 0 aromatic carbocycles. The molecule has 1 fully saturated rings. The van der Waals surface area contributed by atoms with Crippen LogP contribution in [0, 0.1) is 0 Å². The van der Waals surface area contributed by atoms with Gasteiger partial charge in [0.15, 0.2) is 0 Å². The van der Waals surface area contributed by atoms with E-state index >= 15 is 0 Å². The average molecular weight is 275 g/mol. The summed E-state index contributed by atoms with van der Waals surface area (Å²) in [4.78, 5) is 11.7. The van der Waals surface area contributed by atoms with E-state index in [2.05, 4.69) is 10.2 Å². The van der Waals surface area contributed by atoms with Gasteiger partial charge in [-0.3, -0.25) is 9.89 Å². The first kappa shape index (κ1) is 13.9. The molecule has 0 spiro atoms. The van der Waals surface area contributed by atoms with Crippen LogP contribution >= 0.6 is 0 Å². The third-order valence-electron chi connectivity index (χ3n) is 3.38. The van der Waals surface area contributed by atoms with Crippen molar-refractivity contribution in [1.29, 1.82) is 0 Å². The molecule has 19 heavy (non-hydrogen) atoms. The van der Waals surface area contributed by atoms with Crippen molar-refractivity contribution in [2.45, 2.75) is 44.2 Å². The summed E-state index contributed by atoms with van der Waals surface area (Å²) >= 11 is 0. The number of nitrogens with one attached hydrogen (secondary N) is 2. The summed E-state index contributed by atoms with van der Waals surface area (Å²) in [6.45, 7) is -1.32. The number of nitrogens with zero attached hydrogens (tertiary/aromatic N) is 1. The summed E-state index contributed by atoms with van der Waals surface area (Å²) in [7, 11) is 0. The van der Waals surface area contributed by atoms with E-state index < -0.39 is 18.6 Å². The van der Waals surface area contributed by atoms with Crippen molar-refractivity contribution in [3.8, 4) is 0 Å². The van der Waals surface area contributed by atoms with Crippen LogP contribution in [0.3, 0.4) is 0 Å². The predicted molar refractivity (Wildman–Crippen MR) is 62.8 cm³/mol. The van der Waals surface area contributed by atoms with Crippen molar-refractivity contribution in [2.24, 2.45) is 0 Å². The number of H-pyrrole nitrogens is 1. The maximum atomic E-state index is 12.1. The van der Waals surface area contributed by atoms with Crippen LogP contribution in [-0.2, 0) is 0 Å². The molecule has 0 bridgehead atoms. The van der Waals surface area contributed by atoms with Gasteiger partial charge in [0.1, 0.15) is 6.54 Å². The molecular weight excluding hydrogens is 259 g/mol. The monoisotopic (exact) mass is 275 g/mol. The molecular formula is C12H16F3N3O. The van der Waals surface area contributed by atoms with Gasteiger partial charge >= 0.3 is 6.18 Å². The number of aromatic amines is 1. The standard InChI is InChI=1S/C12H16F3N3O/c13-12(14,15)7-16-11(19)9-6-17-18-10(9)8-4-2-1-3-5-8/h6,8H,1-5,7H2,(H,16,19)(H,17,18). The van der Waals surface area contributed by atoms with Crippen molar-refractivity contribution in [2.75, 3.05) is 6.54 Å². The van der Waals surface area contributed by atoms with E-state index in [1.54, 1.807) is 0 Å². The van der Waals surface area contributed by atoms with Crippen molar-refractivity contribution < 1.29 is 18.0 Å². The van der Waals surface area contributed by atoms with Gasteiger partial charge in [0.25, 0.3) is 5.91 Å². The number of carbonyl (C=O) groups is 1. The van der Waals surface area contributed by atoms with Gasteiger partial charge in [0.2, 0.25) is 0 Å². The van der Waals surface area contributed by atoms with Gasteiger partial charge in [-0.15, -0.1) is 0 Å². The maximum absolute atomic E-state index is 12.1. The Morgan fingerprint density at radius 1 is 1.37 bits per heavy atom. The topological polar surface area (TPSA) is 57.8 Å². The Morgan fingerprint density at radius 3 is 2.68 bits per heavy atom. The summed E-state index contributed by atoms with van der Waals surface area (Å²) in [5.74, 6) is -0.519. The summed E-state index contributed by atoms with van der Waals surface area (Å²) in [6, 6.07) is 0. The van der Waals surface area contributed by atoms with Gasteiger partial charge in [-0.2, -0.15) is 18.3 Å². The quantitative estimate of drug-likeness (QED) is 0.891. The Labute approximate surface area is 108 Å². The Balaban J connectivity index is 2.04. The predicted octanol–water partition coefficient (Wildman–Crippen LogP) is 2.75. The summed E-state index contributed by atoms with van der Waals surface area (Å²) in [6.07, 6.45) is 2.12. The van der Waals surface area contributed by atoms with Crippen LogP contribution in [0.4, 0.5) is 13.2 Å². The highest BCUT2D eigenvalue weighted by Gasteiger charge is 2.29. The first-order chi connectivity index (χ1) is 8.97. The molecule has 2 rings (SSSR count). The van der Waals surface area contributed by atoms with E-state index in [0.717, 1.165) is 25.7 Å². The molecule has 106 valence electrons. The molecule has 2 N–H and O–H groups in total. The molecule has 1 aromatic heterocycles. The smallest absolute Gasteiger partial charge is 0.343 e. The van der Waals surface area contributed by atoms with Gasteiger partial charge in [-0.1, -0.05) is 19.3 Å². The molecule has 1 aliphatic carbocycles. The highest BCUT2D eigenvalue weighted by atomic mass is 19.4. The number of carbonyl (C=O) groups excluding carboxylic acids is 1. The molecule has 0 atom stereocenters. The Morgan fingerprint density at radius 2 is 2.05 bits per heavy atom. The summed E-state index contributed by atoms with van der Waals surface area (Å²) < 4.78 is 36.2. The minimum absolute atomic E-state index is 0.197. The number of hydrogen-bond donors (Lipinski definition) is 2. The zero-order valence-corrected chi connectivity index (χ0v) is 10.4. The van der Waals surface area contributed by atoms with Gasteiger partial charge in [-0.05, 0) is 12.8 Å². The van der Waals surface area contributed by atoms with E-state index in [1.807, 2.05) is 5.32 Å². The average Bonchev–Trinajstić information content (AvgIpc) is 2.85. The van der Waals surface area contributed by atoms with Crippen LogP contribution in [0.1, 0.15) is 54.1 Å². The Kier molecular flexibility index (Phi) is 4.11. The summed E-state index contributed by atoms with van der Waals surface area (Å²) in [5, 5.41) is 8.44. The van der Waals surface area contributed by atoms with Crippen molar-refractivity contribution in [1.82, 2.24) is 15.5 Å². The van der Waals surface area contributed by atoms with E-state index in [-0.39, 0.29) is 11.5 Å². The lowest BCUT2D eigenvalue weighted by Gasteiger charge is -2.21. The van der Waals surface area contributed by atoms with Crippen LogP contribution < -0.4 is 5.32 Å². The summed E-state index contributed by atoms with van der Waals surface area (Å²) in [5.41, 5.74) is 0.899. The minimum atomic E-state index is -4.40. The lowest BCUT2D eigenvalue weighted by Crippen LogP contribution is -2.34. The van der Waals surface area contributed by atoms with E-state index in [4.69, 9.17) is 0 Å². The number of rotatable bonds is 3. The van der Waals surface area contributed by atoms with Crippen molar-refractivity contribution >= 4 is 5.91 Å². The normalized spacial score (nSPS) is 17.4. The molecule has 1 amide bonds. The molecule has 1 aliphatic rings. The van der Waals surface area contributed by atoms with Crippen LogP contribution in [0.2, 0.25) is 0 Å². The van der Waals surface area contributed by atoms with E-state index in [0.29, 0.717) is 5.69 Å². The fourth-order valence-electron chi connectivity index (χ4n) is 2.46. The fourth-order valence-corrected chi connectivity index (χ4v) is 2.46. The van der Waals surface area contributed by atoms with E-state index in [9.17, 15) is 18.0 Å². The number of amides is 1. The highest BCUT2D eigenvalue weighted by molar-refractivity contribution is 5.95. The molecule has 0 unspecified atom stereocenters. The lowest BCUT2D eigenvalue weighted by atomic mass is 9.85. The lowest BCUT2D eigenvalue weighted by molar-refractivity contribution is -0.123.